The van der Waals surface area contributed by atoms with E-state index >= 15 is 0 Å². The third kappa shape index (κ3) is 2.69. The second-order valence-corrected chi connectivity index (χ2v) is 3.98. The standard InChI is InChI=1S/C10H12F2OS/c1-6(13)3-7-4-9(12)10(14-2)5-8(7)11/h4-6,13H,3H2,1-2H3. The predicted octanol–water partition coefficient (Wildman–Crippen LogP) is 2.61. The van der Waals surface area contributed by atoms with E-state index in [0.29, 0.717) is 0 Å². The summed E-state index contributed by atoms with van der Waals surface area (Å²) >= 11 is 1.16. The van der Waals surface area contributed by atoms with Crippen molar-refractivity contribution in [1.29, 1.82) is 0 Å². The van der Waals surface area contributed by atoms with Gasteiger partial charge in [-0.3, -0.25) is 0 Å². The minimum Gasteiger partial charge on any atom is -0.393 e. The molecule has 14 heavy (non-hydrogen) atoms. The molecule has 0 saturated heterocycles. The van der Waals surface area contributed by atoms with Gasteiger partial charge in [0.05, 0.1) is 6.10 Å². The molecule has 0 aromatic heterocycles. The van der Waals surface area contributed by atoms with Gasteiger partial charge < -0.3 is 5.11 Å². The average molecular weight is 218 g/mol. The molecule has 1 aromatic carbocycles. The predicted molar refractivity (Wildman–Crippen MR) is 53.5 cm³/mol. The normalized spacial score (nSPS) is 12.9. The first kappa shape index (κ1) is 11.5. The molecule has 0 saturated carbocycles. The van der Waals surface area contributed by atoms with E-state index in [1.54, 1.807) is 13.2 Å². The van der Waals surface area contributed by atoms with Gasteiger partial charge in [-0.1, -0.05) is 0 Å². The Labute approximate surface area is 86.1 Å². The second kappa shape index (κ2) is 4.75. The van der Waals surface area contributed by atoms with Crippen molar-refractivity contribution in [1.82, 2.24) is 0 Å². The molecule has 0 spiro atoms. The number of thioether (sulfide) groups is 1. The number of rotatable bonds is 3. The van der Waals surface area contributed by atoms with Gasteiger partial charge >= 0.3 is 0 Å². The van der Waals surface area contributed by atoms with Gasteiger partial charge in [-0.05, 0) is 30.9 Å². The molecular weight excluding hydrogens is 206 g/mol. The van der Waals surface area contributed by atoms with Crippen LogP contribution in [0.25, 0.3) is 0 Å². The van der Waals surface area contributed by atoms with Crippen LogP contribution in [0.15, 0.2) is 17.0 Å². The van der Waals surface area contributed by atoms with Crippen molar-refractivity contribution in [3.8, 4) is 0 Å². The third-order valence-electron chi connectivity index (χ3n) is 1.84. The first-order chi connectivity index (χ1) is 6.54. The van der Waals surface area contributed by atoms with E-state index in [0.717, 1.165) is 23.9 Å². The molecule has 1 N–H and O–H groups in total. The van der Waals surface area contributed by atoms with Crippen LogP contribution in [0.3, 0.4) is 0 Å². The molecule has 1 rings (SSSR count). The van der Waals surface area contributed by atoms with Gasteiger partial charge in [-0.15, -0.1) is 11.8 Å². The van der Waals surface area contributed by atoms with Gasteiger partial charge in [-0.2, -0.15) is 0 Å². The summed E-state index contributed by atoms with van der Waals surface area (Å²) in [6, 6.07) is 2.31. The van der Waals surface area contributed by atoms with Gasteiger partial charge in [0.1, 0.15) is 11.6 Å². The maximum absolute atomic E-state index is 13.3. The Kier molecular flexibility index (Phi) is 3.89. The van der Waals surface area contributed by atoms with E-state index in [2.05, 4.69) is 0 Å². The van der Waals surface area contributed by atoms with Gasteiger partial charge in [-0.25, -0.2) is 8.78 Å². The highest BCUT2D eigenvalue weighted by atomic mass is 32.2. The zero-order chi connectivity index (χ0) is 10.7. The average Bonchev–Trinajstić information content (AvgIpc) is 2.10. The lowest BCUT2D eigenvalue weighted by Gasteiger charge is -2.07. The van der Waals surface area contributed by atoms with Crippen LogP contribution in [0, 0.1) is 11.6 Å². The molecule has 4 heteroatoms. The summed E-state index contributed by atoms with van der Waals surface area (Å²) in [6.07, 6.45) is 1.16. The van der Waals surface area contributed by atoms with Gasteiger partial charge in [0.25, 0.3) is 0 Å². The number of benzene rings is 1. The smallest absolute Gasteiger partial charge is 0.137 e. The quantitative estimate of drug-likeness (QED) is 0.787. The van der Waals surface area contributed by atoms with Crippen molar-refractivity contribution < 1.29 is 13.9 Å². The Hall–Kier alpha value is -0.610. The number of hydrogen-bond donors (Lipinski definition) is 1. The Morgan fingerprint density at radius 2 is 2.00 bits per heavy atom. The van der Waals surface area contributed by atoms with Gasteiger partial charge in [0.2, 0.25) is 0 Å². The summed E-state index contributed by atoms with van der Waals surface area (Å²) in [5.74, 6) is -0.897. The van der Waals surface area contributed by atoms with Gasteiger partial charge in [0, 0.05) is 11.3 Å². The van der Waals surface area contributed by atoms with Crippen LogP contribution in [-0.2, 0) is 6.42 Å². The van der Waals surface area contributed by atoms with Gasteiger partial charge in [0.15, 0.2) is 0 Å². The molecule has 1 nitrogen and oxygen atoms in total. The monoisotopic (exact) mass is 218 g/mol. The fourth-order valence-electron chi connectivity index (χ4n) is 1.20. The molecular formula is C10H12F2OS. The SMILES string of the molecule is CSc1cc(F)c(CC(C)O)cc1F. The molecule has 0 aliphatic rings. The topological polar surface area (TPSA) is 20.2 Å². The van der Waals surface area contributed by atoms with Crippen LogP contribution in [-0.4, -0.2) is 17.5 Å². The Morgan fingerprint density at radius 3 is 2.50 bits per heavy atom. The highest BCUT2D eigenvalue weighted by Gasteiger charge is 2.10. The van der Waals surface area contributed by atoms with E-state index in [4.69, 9.17) is 5.11 Å². The summed E-state index contributed by atoms with van der Waals surface area (Å²) in [5, 5.41) is 9.05. The fourth-order valence-corrected chi connectivity index (χ4v) is 1.68. The first-order valence-corrected chi connectivity index (χ1v) is 5.47. The Morgan fingerprint density at radius 1 is 1.36 bits per heavy atom. The Balaban J connectivity index is 3.02. The first-order valence-electron chi connectivity index (χ1n) is 4.24. The van der Waals surface area contributed by atoms with Crippen LogP contribution in [0.5, 0.6) is 0 Å². The van der Waals surface area contributed by atoms with Crippen LogP contribution < -0.4 is 0 Å². The molecule has 0 aliphatic carbocycles. The summed E-state index contributed by atoms with van der Waals surface area (Å²) < 4.78 is 26.5. The van der Waals surface area contributed by atoms with Crippen LogP contribution >= 0.6 is 11.8 Å². The molecule has 0 radical (unpaired) electrons. The van der Waals surface area contributed by atoms with Crippen molar-refractivity contribution in [3.05, 3.63) is 29.3 Å². The number of aliphatic hydroxyl groups is 1. The molecule has 0 heterocycles. The molecule has 0 aliphatic heterocycles. The Bertz CT molecular complexity index is 326. The third-order valence-corrected chi connectivity index (χ3v) is 2.59. The van der Waals surface area contributed by atoms with Crippen molar-refractivity contribution in [2.24, 2.45) is 0 Å². The van der Waals surface area contributed by atoms with Crippen molar-refractivity contribution >= 4 is 11.8 Å². The molecule has 1 unspecified atom stereocenters. The van der Waals surface area contributed by atoms with E-state index in [1.807, 2.05) is 0 Å². The van der Waals surface area contributed by atoms with E-state index < -0.39 is 17.7 Å². The molecule has 1 aromatic rings. The van der Waals surface area contributed by atoms with Crippen molar-refractivity contribution in [3.63, 3.8) is 0 Å². The lowest BCUT2D eigenvalue weighted by Crippen LogP contribution is -2.06. The van der Waals surface area contributed by atoms with Crippen LogP contribution in [0.2, 0.25) is 0 Å². The number of aliphatic hydroxyl groups excluding tert-OH is 1. The fraction of sp³-hybridized carbons (Fsp3) is 0.400. The van der Waals surface area contributed by atoms with Crippen molar-refractivity contribution in [2.75, 3.05) is 6.26 Å². The largest absolute Gasteiger partial charge is 0.393 e. The van der Waals surface area contributed by atoms with Crippen LogP contribution in [0.4, 0.5) is 8.78 Å². The maximum atomic E-state index is 13.3. The number of halogens is 2. The van der Waals surface area contributed by atoms with Crippen LogP contribution in [0.1, 0.15) is 12.5 Å². The highest BCUT2D eigenvalue weighted by molar-refractivity contribution is 7.98. The van der Waals surface area contributed by atoms with E-state index in [-0.39, 0.29) is 16.9 Å². The molecule has 0 bridgehead atoms. The van der Waals surface area contributed by atoms with E-state index in [1.165, 1.54) is 0 Å². The van der Waals surface area contributed by atoms with Crippen molar-refractivity contribution in [2.45, 2.75) is 24.3 Å². The second-order valence-electron chi connectivity index (χ2n) is 3.13. The molecule has 1 atom stereocenters. The summed E-state index contributed by atoms with van der Waals surface area (Å²) in [6.45, 7) is 1.54. The molecule has 0 amide bonds. The summed E-state index contributed by atoms with van der Waals surface area (Å²) in [7, 11) is 0. The highest BCUT2D eigenvalue weighted by Crippen LogP contribution is 2.23. The minimum absolute atomic E-state index is 0.136. The lowest BCUT2D eigenvalue weighted by molar-refractivity contribution is 0.194. The zero-order valence-corrected chi connectivity index (χ0v) is 8.87. The van der Waals surface area contributed by atoms with E-state index in [9.17, 15) is 8.78 Å². The summed E-state index contributed by atoms with van der Waals surface area (Å²) in [5.41, 5.74) is 0.218. The number of hydrogen-bond acceptors (Lipinski definition) is 2. The zero-order valence-electron chi connectivity index (χ0n) is 8.05. The maximum Gasteiger partial charge on any atom is 0.137 e. The lowest BCUT2D eigenvalue weighted by atomic mass is 10.1. The molecule has 78 valence electrons. The summed E-state index contributed by atoms with van der Waals surface area (Å²) in [4.78, 5) is 0.289. The molecule has 0 fully saturated rings. The minimum atomic E-state index is -0.663.